The molecule has 30 heavy (non-hydrogen) atoms. The number of aromatic amines is 1. The third-order valence-corrected chi connectivity index (χ3v) is 5.51. The molecule has 1 amide bonds. The first-order valence-corrected chi connectivity index (χ1v) is 10.1. The van der Waals surface area contributed by atoms with Gasteiger partial charge in [-0.3, -0.25) is 9.36 Å². The number of H-pyrrole nitrogens is 1. The number of nitrogens with one attached hydrogen (secondary N) is 2. The smallest absolute Gasteiger partial charge is 0.330 e. The molecule has 0 saturated heterocycles. The van der Waals surface area contributed by atoms with Gasteiger partial charge in [0.25, 0.3) is 0 Å². The molecular weight excluding hydrogens is 452 g/mol. The monoisotopic (exact) mass is 469 g/mol. The Morgan fingerprint density at radius 2 is 1.77 bits per heavy atom. The molecule has 0 aliphatic rings. The Morgan fingerprint density at radius 1 is 1.10 bits per heavy atom. The molecule has 2 N–H and O–H groups in total. The molecule has 0 fully saturated rings. The second-order valence-corrected chi connectivity index (χ2v) is 8.99. The number of aromatic nitrogens is 2. The largest absolute Gasteiger partial charge is 0.351 e. The zero-order valence-electron chi connectivity index (χ0n) is 16.4. The number of imidazole rings is 1. The third kappa shape index (κ3) is 4.56. The van der Waals surface area contributed by atoms with Crippen molar-refractivity contribution in [1.29, 1.82) is 0 Å². The molecule has 2 aromatic carbocycles. The predicted molar refractivity (Wildman–Crippen MR) is 118 cm³/mol. The van der Waals surface area contributed by atoms with Gasteiger partial charge in [-0.2, -0.15) is 0 Å². The maximum atomic E-state index is 15.2. The fourth-order valence-corrected chi connectivity index (χ4v) is 3.31. The quantitative estimate of drug-likeness (QED) is 0.521. The van der Waals surface area contributed by atoms with Crippen LogP contribution < -0.4 is 11.0 Å². The lowest BCUT2D eigenvalue weighted by Crippen LogP contribution is -2.34. The Hall–Kier alpha value is -2.28. The predicted octanol–water partition coefficient (Wildman–Crippen LogP) is 5.59. The van der Waals surface area contributed by atoms with Gasteiger partial charge in [-0.15, -0.1) is 0 Å². The zero-order chi connectivity index (χ0) is 22.2. The molecule has 9 heteroatoms. The maximum absolute atomic E-state index is 15.2. The third-order valence-electron chi connectivity index (χ3n) is 4.46. The van der Waals surface area contributed by atoms with Gasteiger partial charge in [-0.25, -0.2) is 9.18 Å². The minimum Gasteiger partial charge on any atom is -0.351 e. The molecular formula is C21H19Cl3FN3O2. The fraction of sp³-hybridized carbons (Fsp3) is 0.238. The normalized spacial score (nSPS) is 11.6. The standard InChI is InChI=1S/C21H19Cl3FN3O2/c1-21(2,3)19(29)26-9-11-4-6-14(23)17(18(11)25)16-10-28(20(30)27-16)12-5-7-13(22)15(24)8-12/h4-8,10H,9H2,1-3H3,(H,26,29)(H,27,30). The summed E-state index contributed by atoms with van der Waals surface area (Å²) < 4.78 is 16.5. The number of carbonyl (C=O) groups excluding carboxylic acids is 1. The molecule has 5 nitrogen and oxygen atoms in total. The van der Waals surface area contributed by atoms with E-state index in [-0.39, 0.29) is 39.3 Å². The van der Waals surface area contributed by atoms with E-state index in [2.05, 4.69) is 10.3 Å². The molecule has 0 unspecified atom stereocenters. The van der Waals surface area contributed by atoms with E-state index in [1.807, 2.05) is 0 Å². The van der Waals surface area contributed by atoms with E-state index in [9.17, 15) is 9.59 Å². The maximum Gasteiger partial charge on any atom is 0.330 e. The van der Waals surface area contributed by atoms with Crippen molar-refractivity contribution in [3.05, 3.63) is 73.5 Å². The molecule has 3 aromatic rings. The summed E-state index contributed by atoms with van der Waals surface area (Å²) in [6.45, 7) is 5.29. The average molecular weight is 471 g/mol. The van der Waals surface area contributed by atoms with Crippen molar-refractivity contribution in [2.45, 2.75) is 27.3 Å². The molecule has 0 bridgehead atoms. The second-order valence-electron chi connectivity index (χ2n) is 7.77. The minimum atomic E-state index is -0.626. The highest BCUT2D eigenvalue weighted by atomic mass is 35.5. The number of hydrogen-bond acceptors (Lipinski definition) is 2. The van der Waals surface area contributed by atoms with Crippen molar-refractivity contribution in [2.75, 3.05) is 0 Å². The van der Waals surface area contributed by atoms with Crippen LogP contribution in [-0.4, -0.2) is 15.5 Å². The summed E-state index contributed by atoms with van der Waals surface area (Å²) in [5.74, 6) is -0.836. The second kappa shape index (κ2) is 8.46. The van der Waals surface area contributed by atoms with Crippen LogP contribution in [0.15, 0.2) is 41.3 Å². The molecule has 0 aliphatic heterocycles. The summed E-state index contributed by atoms with van der Waals surface area (Å²) >= 11 is 18.2. The Bertz CT molecular complexity index is 1180. The number of hydrogen-bond donors (Lipinski definition) is 2. The van der Waals surface area contributed by atoms with Crippen LogP contribution in [0.2, 0.25) is 15.1 Å². The van der Waals surface area contributed by atoms with Crippen LogP contribution in [0, 0.1) is 11.2 Å². The van der Waals surface area contributed by atoms with Crippen LogP contribution in [0.5, 0.6) is 0 Å². The van der Waals surface area contributed by atoms with E-state index < -0.39 is 16.9 Å². The highest BCUT2D eigenvalue weighted by Gasteiger charge is 2.22. The topological polar surface area (TPSA) is 66.9 Å². The molecule has 0 saturated carbocycles. The first-order chi connectivity index (χ1) is 14.0. The van der Waals surface area contributed by atoms with Gasteiger partial charge in [0.2, 0.25) is 5.91 Å². The van der Waals surface area contributed by atoms with Crippen LogP contribution >= 0.6 is 34.8 Å². The van der Waals surface area contributed by atoms with Crippen molar-refractivity contribution in [2.24, 2.45) is 5.41 Å². The van der Waals surface area contributed by atoms with Gasteiger partial charge in [0.15, 0.2) is 0 Å². The number of halogens is 4. The molecule has 3 rings (SSSR count). The van der Waals surface area contributed by atoms with Crippen LogP contribution in [-0.2, 0) is 11.3 Å². The summed E-state index contributed by atoms with van der Waals surface area (Å²) in [7, 11) is 0. The summed E-state index contributed by atoms with van der Waals surface area (Å²) in [6, 6.07) is 7.72. The Kier molecular flexibility index (Phi) is 6.32. The number of nitrogens with zero attached hydrogens (tertiary/aromatic N) is 1. The van der Waals surface area contributed by atoms with E-state index in [0.717, 1.165) is 0 Å². The van der Waals surface area contributed by atoms with Crippen molar-refractivity contribution in [3.8, 4) is 16.9 Å². The lowest BCUT2D eigenvalue weighted by atomic mass is 9.95. The summed E-state index contributed by atoms with van der Waals surface area (Å²) in [6.07, 6.45) is 1.43. The highest BCUT2D eigenvalue weighted by molar-refractivity contribution is 6.42. The first-order valence-electron chi connectivity index (χ1n) is 9.01. The lowest BCUT2D eigenvalue weighted by molar-refractivity contribution is -0.128. The van der Waals surface area contributed by atoms with Crippen LogP contribution in [0.1, 0.15) is 26.3 Å². The number of carbonyl (C=O) groups is 1. The molecule has 1 aromatic heterocycles. The van der Waals surface area contributed by atoms with E-state index in [1.54, 1.807) is 32.9 Å². The molecule has 0 atom stereocenters. The van der Waals surface area contributed by atoms with Crippen LogP contribution in [0.3, 0.4) is 0 Å². The highest BCUT2D eigenvalue weighted by Crippen LogP contribution is 2.32. The molecule has 158 valence electrons. The molecule has 1 heterocycles. The van der Waals surface area contributed by atoms with E-state index in [1.165, 1.54) is 29.0 Å². The van der Waals surface area contributed by atoms with Crippen molar-refractivity contribution in [1.82, 2.24) is 14.9 Å². The lowest BCUT2D eigenvalue weighted by Gasteiger charge is -2.18. The van der Waals surface area contributed by atoms with Crippen molar-refractivity contribution < 1.29 is 9.18 Å². The molecule has 0 spiro atoms. The van der Waals surface area contributed by atoms with Crippen LogP contribution in [0.4, 0.5) is 4.39 Å². The SMILES string of the molecule is CC(C)(C)C(=O)NCc1ccc(Cl)c(-c2cn(-c3ccc(Cl)c(Cl)c3)c(=O)[nH]2)c1F. The Balaban J connectivity index is 1.99. The van der Waals surface area contributed by atoms with E-state index in [0.29, 0.717) is 10.7 Å². The van der Waals surface area contributed by atoms with Gasteiger partial charge in [-0.05, 0) is 24.3 Å². The van der Waals surface area contributed by atoms with Gasteiger partial charge >= 0.3 is 5.69 Å². The van der Waals surface area contributed by atoms with Crippen LogP contribution in [0.25, 0.3) is 16.9 Å². The number of rotatable bonds is 4. The molecule has 0 aliphatic carbocycles. The zero-order valence-corrected chi connectivity index (χ0v) is 18.7. The molecule has 0 radical (unpaired) electrons. The van der Waals surface area contributed by atoms with Gasteiger partial charge in [0.05, 0.1) is 32.0 Å². The van der Waals surface area contributed by atoms with Gasteiger partial charge in [0.1, 0.15) is 5.82 Å². The van der Waals surface area contributed by atoms with Crippen molar-refractivity contribution >= 4 is 40.7 Å². The van der Waals surface area contributed by atoms with E-state index in [4.69, 9.17) is 34.8 Å². The summed E-state index contributed by atoms with van der Waals surface area (Å²) in [5.41, 5.74) is -0.163. The van der Waals surface area contributed by atoms with E-state index >= 15 is 4.39 Å². The number of amides is 1. The fourth-order valence-electron chi connectivity index (χ4n) is 2.77. The Morgan fingerprint density at radius 3 is 2.40 bits per heavy atom. The summed E-state index contributed by atoms with van der Waals surface area (Å²) in [4.78, 5) is 27.2. The first kappa shape index (κ1) is 22.4. The van der Waals surface area contributed by atoms with Gasteiger partial charge in [-0.1, -0.05) is 61.6 Å². The summed E-state index contributed by atoms with van der Waals surface area (Å²) in [5, 5.41) is 3.46. The Labute approximate surface area is 187 Å². The average Bonchev–Trinajstić information content (AvgIpc) is 3.03. The minimum absolute atomic E-state index is 0.0101. The number of benzene rings is 2. The van der Waals surface area contributed by atoms with Gasteiger partial charge in [0, 0.05) is 23.7 Å². The van der Waals surface area contributed by atoms with Crippen molar-refractivity contribution in [3.63, 3.8) is 0 Å². The van der Waals surface area contributed by atoms with Gasteiger partial charge < -0.3 is 10.3 Å².